The zero-order valence-electron chi connectivity index (χ0n) is 10.0. The third-order valence-electron chi connectivity index (χ3n) is 2.26. The molecule has 1 heterocycles. The van der Waals surface area contributed by atoms with Crippen LogP contribution < -0.4 is 0 Å². The van der Waals surface area contributed by atoms with Gasteiger partial charge in [0.15, 0.2) is 0 Å². The minimum atomic E-state index is -0.992. The number of benzene rings is 1. The number of aromatic nitrogens is 1. The molecular formula is C13H17NSSi. The lowest BCUT2D eigenvalue weighted by atomic mass is 10.2. The largest absolute Gasteiger partial charge is 0.255 e. The summed E-state index contributed by atoms with van der Waals surface area (Å²) < 4.78 is 0. The van der Waals surface area contributed by atoms with E-state index in [1.165, 1.54) is 15.7 Å². The summed E-state index contributed by atoms with van der Waals surface area (Å²) in [6, 6.07) is 10.5. The fourth-order valence-corrected chi connectivity index (χ4v) is 4.32. The molecule has 0 radical (unpaired) electrons. The van der Waals surface area contributed by atoms with Gasteiger partial charge in [-0.1, -0.05) is 37.8 Å². The van der Waals surface area contributed by atoms with Gasteiger partial charge in [0, 0.05) is 16.5 Å². The van der Waals surface area contributed by atoms with Gasteiger partial charge in [0.2, 0.25) is 0 Å². The molecular weight excluding hydrogens is 230 g/mol. The molecule has 16 heavy (non-hydrogen) atoms. The normalized spacial score (nSPS) is 11.9. The Morgan fingerprint density at radius 2 is 1.88 bits per heavy atom. The van der Waals surface area contributed by atoms with Gasteiger partial charge in [-0.15, -0.1) is 11.8 Å². The lowest BCUT2D eigenvalue weighted by molar-refractivity contribution is 1.35. The van der Waals surface area contributed by atoms with Gasteiger partial charge >= 0.3 is 0 Å². The van der Waals surface area contributed by atoms with Crippen molar-refractivity contribution in [2.24, 2.45) is 0 Å². The zero-order valence-corrected chi connectivity index (χ0v) is 11.8. The standard InChI is InChI=1S/C13H17NSSi/c1-16(2,3)10-15-12-8-4-6-11-7-5-9-14-13(11)12/h4-9H,10H2,1-3H3. The third kappa shape index (κ3) is 2.86. The van der Waals surface area contributed by atoms with Crippen molar-refractivity contribution in [2.45, 2.75) is 24.5 Å². The first-order valence-electron chi connectivity index (χ1n) is 5.53. The Labute approximate surface area is 102 Å². The van der Waals surface area contributed by atoms with Crippen LogP contribution in [0.5, 0.6) is 0 Å². The number of pyridine rings is 1. The first kappa shape index (κ1) is 11.7. The third-order valence-corrected chi connectivity index (χ3v) is 6.94. The summed E-state index contributed by atoms with van der Waals surface area (Å²) in [4.78, 5) is 5.80. The van der Waals surface area contributed by atoms with Crippen LogP contribution in [0.4, 0.5) is 0 Å². The quantitative estimate of drug-likeness (QED) is 0.595. The van der Waals surface area contributed by atoms with Crippen molar-refractivity contribution in [2.75, 3.05) is 5.38 Å². The van der Waals surface area contributed by atoms with Crippen LogP contribution in [0, 0.1) is 0 Å². The van der Waals surface area contributed by atoms with Crippen molar-refractivity contribution in [3.63, 3.8) is 0 Å². The molecule has 1 nitrogen and oxygen atoms in total. The molecule has 0 aliphatic carbocycles. The summed E-state index contributed by atoms with van der Waals surface area (Å²) in [6.07, 6.45) is 1.88. The van der Waals surface area contributed by atoms with E-state index < -0.39 is 8.07 Å². The van der Waals surface area contributed by atoms with Crippen molar-refractivity contribution < 1.29 is 0 Å². The van der Waals surface area contributed by atoms with Gasteiger partial charge in [-0.05, 0) is 17.5 Å². The fraction of sp³-hybridized carbons (Fsp3) is 0.308. The molecule has 0 spiro atoms. The average Bonchev–Trinajstić information content (AvgIpc) is 2.25. The summed E-state index contributed by atoms with van der Waals surface area (Å²) in [5.41, 5.74) is 1.15. The minimum absolute atomic E-state index is 0.992. The molecule has 0 saturated carbocycles. The molecule has 0 N–H and O–H groups in total. The Bertz CT molecular complexity index is 485. The highest BCUT2D eigenvalue weighted by atomic mass is 32.2. The Hall–Kier alpha value is -0.803. The average molecular weight is 247 g/mol. The van der Waals surface area contributed by atoms with Crippen molar-refractivity contribution in [3.05, 3.63) is 36.5 Å². The van der Waals surface area contributed by atoms with E-state index in [-0.39, 0.29) is 0 Å². The minimum Gasteiger partial charge on any atom is -0.255 e. The van der Waals surface area contributed by atoms with Gasteiger partial charge in [-0.2, -0.15) is 0 Å². The first-order valence-corrected chi connectivity index (χ1v) is 10.2. The summed E-state index contributed by atoms with van der Waals surface area (Å²) in [5, 5.41) is 2.49. The molecule has 0 aliphatic rings. The van der Waals surface area contributed by atoms with Crippen LogP contribution in [0.15, 0.2) is 41.4 Å². The molecule has 0 bridgehead atoms. The van der Waals surface area contributed by atoms with E-state index in [9.17, 15) is 0 Å². The van der Waals surface area contributed by atoms with Gasteiger partial charge in [0.05, 0.1) is 13.6 Å². The summed E-state index contributed by atoms with van der Waals surface area (Å²) in [5.74, 6) is 0. The smallest absolute Gasteiger partial charge is 0.0837 e. The molecule has 1 aromatic heterocycles. The molecule has 0 fully saturated rings. The van der Waals surface area contributed by atoms with E-state index >= 15 is 0 Å². The van der Waals surface area contributed by atoms with Gasteiger partial charge in [-0.25, -0.2) is 0 Å². The molecule has 0 saturated heterocycles. The second-order valence-corrected chi connectivity index (χ2v) is 12.2. The second-order valence-electron chi connectivity index (χ2n) is 5.18. The fourth-order valence-electron chi connectivity index (χ4n) is 1.49. The van der Waals surface area contributed by atoms with E-state index in [4.69, 9.17) is 0 Å². The number of para-hydroxylation sites is 1. The van der Waals surface area contributed by atoms with E-state index in [0.717, 1.165) is 5.52 Å². The van der Waals surface area contributed by atoms with Crippen LogP contribution in [-0.4, -0.2) is 18.4 Å². The van der Waals surface area contributed by atoms with E-state index in [2.05, 4.69) is 48.9 Å². The van der Waals surface area contributed by atoms with E-state index in [1.54, 1.807) is 0 Å². The van der Waals surface area contributed by atoms with Crippen LogP contribution in [-0.2, 0) is 0 Å². The SMILES string of the molecule is C[Si](C)(C)CSc1cccc2cccnc12. The zero-order chi connectivity index (χ0) is 11.6. The number of hydrogen-bond acceptors (Lipinski definition) is 2. The lowest BCUT2D eigenvalue weighted by Crippen LogP contribution is -2.23. The highest BCUT2D eigenvalue weighted by Gasteiger charge is 2.14. The predicted molar refractivity (Wildman–Crippen MR) is 75.8 cm³/mol. The van der Waals surface area contributed by atoms with Gasteiger partial charge in [-0.3, -0.25) is 4.98 Å². The number of thioether (sulfide) groups is 1. The molecule has 0 unspecified atom stereocenters. The maximum atomic E-state index is 4.48. The number of nitrogens with zero attached hydrogens (tertiary/aromatic N) is 1. The van der Waals surface area contributed by atoms with Gasteiger partial charge in [0.1, 0.15) is 0 Å². The molecule has 84 valence electrons. The molecule has 2 aromatic rings. The van der Waals surface area contributed by atoms with Crippen molar-refractivity contribution in [3.8, 4) is 0 Å². The Balaban J connectivity index is 2.30. The second kappa shape index (κ2) is 4.59. The van der Waals surface area contributed by atoms with Crippen molar-refractivity contribution in [1.82, 2.24) is 4.98 Å². The maximum absolute atomic E-state index is 4.48. The highest BCUT2D eigenvalue weighted by molar-refractivity contribution is 8.01. The lowest BCUT2D eigenvalue weighted by Gasteiger charge is -2.15. The molecule has 0 amide bonds. The molecule has 3 heteroatoms. The molecule has 0 aliphatic heterocycles. The Kier molecular flexibility index (Phi) is 3.35. The number of rotatable bonds is 3. The van der Waals surface area contributed by atoms with Crippen LogP contribution in [0.25, 0.3) is 10.9 Å². The van der Waals surface area contributed by atoms with E-state index in [1.807, 2.05) is 24.0 Å². The maximum Gasteiger partial charge on any atom is 0.0837 e. The summed E-state index contributed by atoms with van der Waals surface area (Å²) in [7, 11) is -0.992. The van der Waals surface area contributed by atoms with Crippen LogP contribution in [0.1, 0.15) is 0 Å². The highest BCUT2D eigenvalue weighted by Crippen LogP contribution is 2.28. The Morgan fingerprint density at radius 3 is 2.62 bits per heavy atom. The van der Waals surface area contributed by atoms with Gasteiger partial charge < -0.3 is 0 Å². The summed E-state index contributed by atoms with van der Waals surface area (Å²) in [6.45, 7) is 7.20. The van der Waals surface area contributed by atoms with Crippen LogP contribution in [0.3, 0.4) is 0 Å². The van der Waals surface area contributed by atoms with Crippen molar-refractivity contribution in [1.29, 1.82) is 0 Å². The molecule has 1 aromatic carbocycles. The van der Waals surface area contributed by atoms with E-state index in [0.29, 0.717) is 0 Å². The number of fused-ring (bicyclic) bond motifs is 1. The predicted octanol–water partition coefficient (Wildman–Crippen LogP) is 4.20. The summed E-state index contributed by atoms with van der Waals surface area (Å²) >= 11 is 1.96. The first-order chi connectivity index (χ1) is 7.56. The Morgan fingerprint density at radius 1 is 1.12 bits per heavy atom. The van der Waals surface area contributed by atoms with Crippen LogP contribution in [0.2, 0.25) is 19.6 Å². The van der Waals surface area contributed by atoms with Gasteiger partial charge in [0.25, 0.3) is 0 Å². The van der Waals surface area contributed by atoms with Crippen molar-refractivity contribution >= 4 is 30.7 Å². The molecule has 0 atom stereocenters. The topological polar surface area (TPSA) is 12.9 Å². The van der Waals surface area contributed by atoms with Crippen LogP contribution >= 0.6 is 11.8 Å². The monoisotopic (exact) mass is 247 g/mol. The number of hydrogen-bond donors (Lipinski definition) is 0. The molecule has 2 rings (SSSR count).